The van der Waals surface area contributed by atoms with E-state index in [0.717, 1.165) is 6.07 Å². The highest BCUT2D eigenvalue weighted by Gasteiger charge is 2.20. The molecule has 2 N–H and O–H groups in total. The molecule has 0 saturated carbocycles. The van der Waals surface area contributed by atoms with Gasteiger partial charge in [-0.05, 0) is 28.9 Å². The van der Waals surface area contributed by atoms with E-state index in [1.807, 2.05) is 0 Å². The van der Waals surface area contributed by atoms with Gasteiger partial charge in [0, 0.05) is 6.04 Å². The second-order valence-corrected chi connectivity index (χ2v) is 3.74. The lowest BCUT2D eigenvalue weighted by molar-refractivity contribution is 0.390. The normalized spacial score (nSPS) is 12.7. The molecule has 0 aromatic heterocycles. The van der Waals surface area contributed by atoms with Crippen molar-refractivity contribution in [2.24, 2.45) is 5.73 Å². The standard InChI is InChI=1S/C9H10BrF2NO/c1-4(13)7-8(12)6(11)3-5(10)9(7)14-2/h3-4H,13H2,1-2H3. The average Bonchev–Trinajstić information content (AvgIpc) is 2.10. The summed E-state index contributed by atoms with van der Waals surface area (Å²) < 4.78 is 31.6. The first kappa shape index (κ1) is 11.4. The largest absolute Gasteiger partial charge is 0.495 e. The summed E-state index contributed by atoms with van der Waals surface area (Å²) in [5.74, 6) is -1.66. The van der Waals surface area contributed by atoms with E-state index in [1.54, 1.807) is 6.92 Å². The van der Waals surface area contributed by atoms with Gasteiger partial charge in [0.05, 0.1) is 17.1 Å². The summed E-state index contributed by atoms with van der Waals surface area (Å²) >= 11 is 3.07. The highest BCUT2D eigenvalue weighted by atomic mass is 79.9. The van der Waals surface area contributed by atoms with Gasteiger partial charge in [0.25, 0.3) is 0 Å². The Kier molecular flexibility index (Phi) is 3.44. The first-order chi connectivity index (χ1) is 6.49. The van der Waals surface area contributed by atoms with E-state index >= 15 is 0 Å². The van der Waals surface area contributed by atoms with Crippen molar-refractivity contribution in [2.75, 3.05) is 7.11 Å². The third-order valence-corrected chi connectivity index (χ3v) is 2.41. The van der Waals surface area contributed by atoms with Crippen molar-refractivity contribution in [1.82, 2.24) is 0 Å². The molecule has 14 heavy (non-hydrogen) atoms. The van der Waals surface area contributed by atoms with Gasteiger partial charge in [-0.2, -0.15) is 0 Å². The topological polar surface area (TPSA) is 35.2 Å². The van der Waals surface area contributed by atoms with Gasteiger partial charge in [-0.3, -0.25) is 0 Å². The molecule has 0 aliphatic heterocycles. The number of nitrogens with two attached hydrogens (primary N) is 1. The van der Waals surface area contributed by atoms with Crippen LogP contribution in [0, 0.1) is 11.6 Å². The van der Waals surface area contributed by atoms with Crippen LogP contribution in [0.2, 0.25) is 0 Å². The average molecular weight is 266 g/mol. The maximum Gasteiger partial charge on any atom is 0.167 e. The van der Waals surface area contributed by atoms with Gasteiger partial charge in [0.15, 0.2) is 11.6 Å². The van der Waals surface area contributed by atoms with Crippen LogP contribution >= 0.6 is 15.9 Å². The molecule has 1 unspecified atom stereocenters. The van der Waals surface area contributed by atoms with Crippen LogP contribution in [0.4, 0.5) is 8.78 Å². The third-order valence-electron chi connectivity index (χ3n) is 1.82. The quantitative estimate of drug-likeness (QED) is 0.835. The fourth-order valence-electron chi connectivity index (χ4n) is 1.21. The molecule has 0 amide bonds. The Balaban J connectivity index is 3.48. The van der Waals surface area contributed by atoms with Crippen molar-refractivity contribution in [3.05, 3.63) is 27.7 Å². The van der Waals surface area contributed by atoms with E-state index in [-0.39, 0.29) is 11.3 Å². The molecule has 1 atom stereocenters. The Morgan fingerprint density at radius 3 is 2.50 bits per heavy atom. The van der Waals surface area contributed by atoms with Crippen molar-refractivity contribution < 1.29 is 13.5 Å². The van der Waals surface area contributed by atoms with Gasteiger partial charge in [-0.1, -0.05) is 0 Å². The number of ether oxygens (including phenoxy) is 1. The summed E-state index contributed by atoms with van der Waals surface area (Å²) in [6, 6.07) is 0.386. The molecular formula is C9H10BrF2NO. The van der Waals surface area contributed by atoms with E-state index in [0.29, 0.717) is 4.47 Å². The van der Waals surface area contributed by atoms with Gasteiger partial charge in [-0.15, -0.1) is 0 Å². The van der Waals surface area contributed by atoms with Crippen LogP contribution in [0.25, 0.3) is 0 Å². The Morgan fingerprint density at radius 2 is 2.07 bits per heavy atom. The van der Waals surface area contributed by atoms with Gasteiger partial charge >= 0.3 is 0 Å². The predicted molar refractivity (Wildman–Crippen MR) is 53.2 cm³/mol. The summed E-state index contributed by atoms with van der Waals surface area (Å²) in [4.78, 5) is 0. The number of benzene rings is 1. The molecule has 1 aromatic rings. The zero-order chi connectivity index (χ0) is 10.9. The van der Waals surface area contributed by atoms with E-state index in [1.165, 1.54) is 7.11 Å². The zero-order valence-electron chi connectivity index (χ0n) is 7.77. The Bertz CT molecular complexity index is 355. The highest BCUT2D eigenvalue weighted by molar-refractivity contribution is 9.10. The lowest BCUT2D eigenvalue weighted by atomic mass is 10.1. The molecular weight excluding hydrogens is 256 g/mol. The first-order valence-corrected chi connectivity index (χ1v) is 4.75. The molecule has 0 heterocycles. The summed E-state index contributed by atoms with van der Waals surface area (Å²) in [5, 5.41) is 0. The summed E-state index contributed by atoms with van der Waals surface area (Å²) in [6.07, 6.45) is 0. The second kappa shape index (κ2) is 4.23. The highest BCUT2D eigenvalue weighted by Crippen LogP contribution is 2.35. The smallest absolute Gasteiger partial charge is 0.167 e. The number of hydrogen-bond donors (Lipinski definition) is 1. The molecule has 0 aliphatic carbocycles. The molecule has 5 heteroatoms. The van der Waals surface area contributed by atoms with Crippen LogP contribution in [0.5, 0.6) is 5.75 Å². The second-order valence-electron chi connectivity index (χ2n) is 2.89. The monoisotopic (exact) mass is 265 g/mol. The van der Waals surface area contributed by atoms with Crippen molar-refractivity contribution in [1.29, 1.82) is 0 Å². The van der Waals surface area contributed by atoms with Gasteiger partial charge < -0.3 is 10.5 Å². The predicted octanol–water partition coefficient (Wildman–Crippen LogP) is 2.76. The van der Waals surface area contributed by atoms with Crippen LogP contribution in [0.3, 0.4) is 0 Å². The fourth-order valence-corrected chi connectivity index (χ4v) is 1.79. The zero-order valence-corrected chi connectivity index (χ0v) is 9.36. The minimum absolute atomic E-state index is 0.0411. The van der Waals surface area contributed by atoms with E-state index in [9.17, 15) is 8.78 Å². The number of halogens is 3. The molecule has 1 rings (SSSR count). The summed E-state index contributed by atoms with van der Waals surface area (Å²) in [7, 11) is 1.38. The maximum absolute atomic E-state index is 13.3. The lowest BCUT2D eigenvalue weighted by Gasteiger charge is -2.14. The fraction of sp³-hybridized carbons (Fsp3) is 0.333. The first-order valence-electron chi connectivity index (χ1n) is 3.96. The van der Waals surface area contributed by atoms with Gasteiger partial charge in [0.2, 0.25) is 0 Å². The molecule has 0 saturated heterocycles. The van der Waals surface area contributed by atoms with E-state index in [2.05, 4.69) is 15.9 Å². The van der Waals surface area contributed by atoms with Crippen LogP contribution in [0.1, 0.15) is 18.5 Å². The summed E-state index contributed by atoms with van der Waals surface area (Å²) in [5.41, 5.74) is 5.56. The SMILES string of the molecule is COc1c(Br)cc(F)c(F)c1C(C)N. The van der Waals surface area contributed by atoms with Gasteiger partial charge in [0.1, 0.15) is 5.75 Å². The van der Waals surface area contributed by atoms with Crippen molar-refractivity contribution in [3.8, 4) is 5.75 Å². The molecule has 0 aliphatic rings. The summed E-state index contributed by atoms with van der Waals surface area (Å²) in [6.45, 7) is 1.56. The minimum Gasteiger partial charge on any atom is -0.495 e. The minimum atomic E-state index is -0.958. The molecule has 1 aromatic carbocycles. The molecule has 78 valence electrons. The van der Waals surface area contributed by atoms with Crippen LogP contribution < -0.4 is 10.5 Å². The lowest BCUT2D eigenvalue weighted by Crippen LogP contribution is -2.11. The number of hydrogen-bond acceptors (Lipinski definition) is 2. The van der Waals surface area contributed by atoms with E-state index in [4.69, 9.17) is 10.5 Å². The van der Waals surface area contributed by atoms with E-state index < -0.39 is 17.7 Å². The molecule has 2 nitrogen and oxygen atoms in total. The molecule has 0 fully saturated rings. The number of rotatable bonds is 2. The van der Waals surface area contributed by atoms with Crippen molar-refractivity contribution >= 4 is 15.9 Å². The van der Waals surface area contributed by atoms with Crippen LogP contribution in [0.15, 0.2) is 10.5 Å². The van der Waals surface area contributed by atoms with Crippen LogP contribution in [-0.4, -0.2) is 7.11 Å². The number of methoxy groups -OCH3 is 1. The maximum atomic E-state index is 13.3. The Labute approximate surface area is 89.2 Å². The van der Waals surface area contributed by atoms with Crippen LogP contribution in [-0.2, 0) is 0 Å². The Morgan fingerprint density at radius 1 is 1.50 bits per heavy atom. The van der Waals surface area contributed by atoms with Crippen molar-refractivity contribution in [3.63, 3.8) is 0 Å². The molecule has 0 radical (unpaired) electrons. The Hall–Kier alpha value is -0.680. The van der Waals surface area contributed by atoms with Gasteiger partial charge in [-0.25, -0.2) is 8.78 Å². The van der Waals surface area contributed by atoms with Crippen molar-refractivity contribution in [2.45, 2.75) is 13.0 Å². The third kappa shape index (κ3) is 1.88. The molecule has 0 bridgehead atoms. The molecule has 0 spiro atoms.